The Bertz CT molecular complexity index is 284. The standard InChI is InChI=1S/C9H9NO/c11-8-5-1-3-7-4-2-6-10-9(7)8/h1-5,8,11H,6H2. The van der Waals surface area contributed by atoms with Crippen LogP contribution in [0.1, 0.15) is 0 Å². The largest absolute Gasteiger partial charge is 0.383 e. The summed E-state index contributed by atoms with van der Waals surface area (Å²) in [5, 5.41) is 9.41. The fourth-order valence-electron chi connectivity index (χ4n) is 1.27. The molecule has 0 aromatic heterocycles. The van der Waals surface area contributed by atoms with E-state index < -0.39 is 6.10 Å². The number of dihydropyridines is 1. The fraction of sp³-hybridized carbons (Fsp3) is 0.222. The summed E-state index contributed by atoms with van der Waals surface area (Å²) in [6.45, 7) is 0.692. The van der Waals surface area contributed by atoms with Crippen LogP contribution >= 0.6 is 0 Å². The van der Waals surface area contributed by atoms with Crippen LogP contribution < -0.4 is 0 Å². The number of aliphatic hydroxyl groups excluding tert-OH is 1. The molecule has 2 heteroatoms. The highest BCUT2D eigenvalue weighted by molar-refractivity contribution is 6.08. The van der Waals surface area contributed by atoms with E-state index in [9.17, 15) is 5.11 Å². The predicted octanol–water partition coefficient (Wildman–Crippen LogP) is 0.854. The van der Waals surface area contributed by atoms with Crippen LogP contribution in [-0.4, -0.2) is 23.5 Å². The molecule has 1 atom stereocenters. The number of fused-ring (bicyclic) bond motifs is 1. The van der Waals surface area contributed by atoms with E-state index in [-0.39, 0.29) is 0 Å². The quantitative estimate of drug-likeness (QED) is 0.541. The van der Waals surface area contributed by atoms with E-state index in [0.29, 0.717) is 6.54 Å². The molecule has 0 saturated heterocycles. The van der Waals surface area contributed by atoms with Gasteiger partial charge in [0.05, 0.1) is 12.3 Å². The molecule has 0 fully saturated rings. The van der Waals surface area contributed by atoms with Crippen molar-refractivity contribution in [3.63, 3.8) is 0 Å². The summed E-state index contributed by atoms with van der Waals surface area (Å²) in [5.74, 6) is 0. The van der Waals surface area contributed by atoms with Crippen molar-refractivity contribution < 1.29 is 5.11 Å². The predicted molar refractivity (Wildman–Crippen MR) is 44.7 cm³/mol. The lowest BCUT2D eigenvalue weighted by molar-refractivity contribution is 0.288. The molecule has 0 saturated carbocycles. The zero-order valence-electron chi connectivity index (χ0n) is 6.07. The third kappa shape index (κ3) is 1.05. The maximum absolute atomic E-state index is 9.41. The number of nitrogens with zero attached hydrogens (tertiary/aromatic N) is 1. The molecule has 0 radical (unpaired) electrons. The molecule has 1 aliphatic carbocycles. The summed E-state index contributed by atoms with van der Waals surface area (Å²) in [4.78, 5) is 4.19. The second-order valence-electron chi connectivity index (χ2n) is 2.58. The van der Waals surface area contributed by atoms with Crippen LogP contribution in [-0.2, 0) is 0 Å². The summed E-state index contributed by atoms with van der Waals surface area (Å²) in [7, 11) is 0. The molecule has 2 rings (SSSR count). The lowest BCUT2D eigenvalue weighted by Crippen LogP contribution is -2.23. The Kier molecular flexibility index (Phi) is 1.47. The highest BCUT2D eigenvalue weighted by Crippen LogP contribution is 2.14. The van der Waals surface area contributed by atoms with Gasteiger partial charge in [0.2, 0.25) is 0 Å². The van der Waals surface area contributed by atoms with Crippen LogP contribution in [0.4, 0.5) is 0 Å². The average Bonchev–Trinajstić information content (AvgIpc) is 2.06. The number of aliphatic hydroxyl groups is 1. The van der Waals surface area contributed by atoms with Gasteiger partial charge in [-0.15, -0.1) is 0 Å². The molecule has 1 N–H and O–H groups in total. The number of aliphatic imine (C=N–C) groups is 1. The summed E-state index contributed by atoms with van der Waals surface area (Å²) in [6.07, 6.45) is 9.04. The molecule has 1 unspecified atom stereocenters. The molecular formula is C9H9NO. The van der Waals surface area contributed by atoms with Gasteiger partial charge in [0.1, 0.15) is 6.10 Å². The first kappa shape index (κ1) is 6.55. The minimum absolute atomic E-state index is 0.500. The zero-order valence-corrected chi connectivity index (χ0v) is 6.07. The van der Waals surface area contributed by atoms with Gasteiger partial charge in [0.15, 0.2) is 0 Å². The van der Waals surface area contributed by atoms with Crippen molar-refractivity contribution in [1.82, 2.24) is 0 Å². The Morgan fingerprint density at radius 3 is 3.27 bits per heavy atom. The van der Waals surface area contributed by atoms with Crippen molar-refractivity contribution in [3.8, 4) is 0 Å². The molecule has 1 heterocycles. The minimum Gasteiger partial charge on any atom is -0.383 e. The smallest absolute Gasteiger partial charge is 0.115 e. The molecule has 2 aliphatic rings. The first-order valence-electron chi connectivity index (χ1n) is 3.66. The van der Waals surface area contributed by atoms with Gasteiger partial charge in [-0.3, -0.25) is 4.99 Å². The Balaban J connectivity index is 2.40. The third-order valence-corrected chi connectivity index (χ3v) is 1.81. The van der Waals surface area contributed by atoms with Crippen molar-refractivity contribution in [3.05, 3.63) is 36.0 Å². The van der Waals surface area contributed by atoms with Gasteiger partial charge in [-0.25, -0.2) is 0 Å². The number of hydrogen-bond acceptors (Lipinski definition) is 2. The molecule has 0 spiro atoms. The first-order valence-corrected chi connectivity index (χ1v) is 3.66. The molecule has 0 aromatic rings. The zero-order chi connectivity index (χ0) is 7.68. The molecule has 0 bridgehead atoms. The molecule has 1 aliphatic heterocycles. The van der Waals surface area contributed by atoms with Crippen LogP contribution in [0.3, 0.4) is 0 Å². The molecule has 0 amide bonds. The lowest BCUT2D eigenvalue weighted by atomic mass is 9.98. The van der Waals surface area contributed by atoms with Crippen molar-refractivity contribution in [2.45, 2.75) is 6.10 Å². The number of hydrogen-bond donors (Lipinski definition) is 1. The molecule has 11 heavy (non-hydrogen) atoms. The third-order valence-electron chi connectivity index (χ3n) is 1.81. The van der Waals surface area contributed by atoms with Gasteiger partial charge in [0.25, 0.3) is 0 Å². The van der Waals surface area contributed by atoms with E-state index in [1.54, 1.807) is 6.08 Å². The molecule has 56 valence electrons. The van der Waals surface area contributed by atoms with Crippen LogP contribution in [0.2, 0.25) is 0 Å². The van der Waals surface area contributed by atoms with Crippen molar-refractivity contribution in [2.75, 3.05) is 6.54 Å². The van der Waals surface area contributed by atoms with Crippen LogP contribution in [0, 0.1) is 0 Å². The maximum Gasteiger partial charge on any atom is 0.115 e. The van der Waals surface area contributed by atoms with Crippen molar-refractivity contribution in [1.29, 1.82) is 0 Å². The van der Waals surface area contributed by atoms with Crippen LogP contribution in [0.5, 0.6) is 0 Å². The fourth-order valence-corrected chi connectivity index (χ4v) is 1.27. The maximum atomic E-state index is 9.41. The van der Waals surface area contributed by atoms with Gasteiger partial charge in [-0.05, 0) is 5.57 Å². The van der Waals surface area contributed by atoms with Gasteiger partial charge in [-0.2, -0.15) is 0 Å². The van der Waals surface area contributed by atoms with E-state index in [1.807, 2.05) is 24.3 Å². The second kappa shape index (κ2) is 2.47. The molecule has 0 aromatic carbocycles. The Morgan fingerprint density at radius 1 is 1.55 bits per heavy atom. The van der Waals surface area contributed by atoms with Crippen LogP contribution in [0.25, 0.3) is 0 Å². The van der Waals surface area contributed by atoms with E-state index in [4.69, 9.17) is 0 Å². The average molecular weight is 147 g/mol. The Morgan fingerprint density at radius 2 is 2.45 bits per heavy atom. The molecule has 2 nitrogen and oxygen atoms in total. The summed E-state index contributed by atoms with van der Waals surface area (Å²) in [6, 6.07) is 0. The first-order chi connectivity index (χ1) is 5.38. The highest BCUT2D eigenvalue weighted by Gasteiger charge is 2.16. The summed E-state index contributed by atoms with van der Waals surface area (Å²) < 4.78 is 0. The summed E-state index contributed by atoms with van der Waals surface area (Å²) in [5.41, 5.74) is 1.83. The SMILES string of the molecule is OC1C=CC=C2C=CCN=C21. The van der Waals surface area contributed by atoms with Gasteiger partial charge >= 0.3 is 0 Å². The van der Waals surface area contributed by atoms with E-state index in [0.717, 1.165) is 11.3 Å². The van der Waals surface area contributed by atoms with E-state index >= 15 is 0 Å². The van der Waals surface area contributed by atoms with Crippen molar-refractivity contribution in [2.24, 2.45) is 4.99 Å². The summed E-state index contributed by atoms with van der Waals surface area (Å²) >= 11 is 0. The Hall–Kier alpha value is -1.15. The lowest BCUT2D eigenvalue weighted by Gasteiger charge is -2.16. The van der Waals surface area contributed by atoms with Gasteiger partial charge in [-0.1, -0.05) is 30.4 Å². The van der Waals surface area contributed by atoms with Gasteiger partial charge in [0, 0.05) is 0 Å². The van der Waals surface area contributed by atoms with Crippen molar-refractivity contribution >= 4 is 5.71 Å². The molecular weight excluding hydrogens is 138 g/mol. The highest BCUT2D eigenvalue weighted by atomic mass is 16.3. The van der Waals surface area contributed by atoms with E-state index in [1.165, 1.54) is 0 Å². The normalized spacial score (nSPS) is 27.5. The topological polar surface area (TPSA) is 32.6 Å². The second-order valence-corrected chi connectivity index (χ2v) is 2.58. The van der Waals surface area contributed by atoms with Gasteiger partial charge < -0.3 is 5.11 Å². The monoisotopic (exact) mass is 147 g/mol. The van der Waals surface area contributed by atoms with E-state index in [2.05, 4.69) is 4.99 Å². The minimum atomic E-state index is -0.500. The Labute approximate surface area is 65.3 Å². The number of allylic oxidation sites excluding steroid dienone is 3. The number of rotatable bonds is 0. The van der Waals surface area contributed by atoms with Crippen LogP contribution in [0.15, 0.2) is 40.9 Å².